The number of hydrogen-bond donors (Lipinski definition) is 0. The number of hydrogen-bond acceptors (Lipinski definition) is 8. The number of nitrogens with zero attached hydrogens (tertiary/aromatic N) is 3. The zero-order valence-corrected chi connectivity index (χ0v) is 19.0. The van der Waals surface area contributed by atoms with Crippen LogP contribution in [-0.4, -0.2) is 80.9 Å². The second-order valence-corrected chi connectivity index (χ2v) is 7.66. The molecule has 10 heteroatoms. The van der Waals surface area contributed by atoms with E-state index in [4.69, 9.17) is 18.9 Å². The molecule has 1 aromatic carbocycles. The van der Waals surface area contributed by atoms with E-state index in [-0.39, 0.29) is 18.4 Å². The Morgan fingerprint density at radius 3 is 2.16 bits per heavy atom. The second-order valence-electron chi connectivity index (χ2n) is 6.80. The van der Waals surface area contributed by atoms with E-state index in [2.05, 4.69) is 4.98 Å². The molecule has 0 spiro atoms. The summed E-state index contributed by atoms with van der Waals surface area (Å²) in [6, 6.07) is 3.67. The molecule has 0 aliphatic carbocycles. The van der Waals surface area contributed by atoms with Crippen molar-refractivity contribution < 1.29 is 28.5 Å². The molecule has 1 aromatic heterocycles. The zero-order chi connectivity index (χ0) is 22.4. The summed E-state index contributed by atoms with van der Waals surface area (Å²) < 4.78 is 21.2. The Labute approximate surface area is 185 Å². The standard InChI is InChI=1S/C21H27N3O6S/c1-5-30-21(26)24-8-6-23(7-9-24)18(25)12-15-13-31-20(22-15)14-10-16(27-2)19(29-4)17(11-14)28-3/h10-11,13H,5-9,12H2,1-4H3. The summed E-state index contributed by atoms with van der Waals surface area (Å²) in [5.41, 5.74) is 1.52. The average molecular weight is 450 g/mol. The van der Waals surface area contributed by atoms with Gasteiger partial charge >= 0.3 is 6.09 Å². The topological polar surface area (TPSA) is 90.4 Å². The lowest BCUT2D eigenvalue weighted by atomic mass is 10.2. The highest BCUT2D eigenvalue weighted by atomic mass is 32.1. The molecule has 0 radical (unpaired) electrons. The number of methoxy groups -OCH3 is 3. The van der Waals surface area contributed by atoms with Crippen LogP contribution in [0.25, 0.3) is 10.6 Å². The minimum Gasteiger partial charge on any atom is -0.493 e. The quantitative estimate of drug-likeness (QED) is 0.642. The number of piperazine rings is 1. The Balaban J connectivity index is 1.65. The van der Waals surface area contributed by atoms with E-state index in [9.17, 15) is 9.59 Å². The number of amides is 2. The highest BCUT2D eigenvalue weighted by Crippen LogP contribution is 2.41. The van der Waals surface area contributed by atoms with Gasteiger partial charge < -0.3 is 28.7 Å². The Morgan fingerprint density at radius 1 is 1.00 bits per heavy atom. The maximum absolute atomic E-state index is 12.7. The van der Waals surface area contributed by atoms with Crippen molar-refractivity contribution in [1.29, 1.82) is 0 Å². The third kappa shape index (κ3) is 5.19. The zero-order valence-electron chi connectivity index (χ0n) is 18.2. The van der Waals surface area contributed by atoms with Crippen molar-refractivity contribution >= 4 is 23.3 Å². The first-order valence-electron chi connectivity index (χ1n) is 9.94. The summed E-state index contributed by atoms with van der Waals surface area (Å²) in [6.45, 7) is 4.04. The third-order valence-electron chi connectivity index (χ3n) is 4.95. The Kier molecular flexibility index (Phi) is 7.56. The Bertz CT molecular complexity index is 899. The van der Waals surface area contributed by atoms with Crippen molar-refractivity contribution in [3.63, 3.8) is 0 Å². The fraction of sp³-hybridized carbons (Fsp3) is 0.476. The maximum Gasteiger partial charge on any atom is 0.409 e. The Morgan fingerprint density at radius 2 is 1.61 bits per heavy atom. The Hall–Kier alpha value is -3.01. The van der Waals surface area contributed by atoms with Crippen LogP contribution in [0.4, 0.5) is 4.79 Å². The first-order chi connectivity index (χ1) is 15.0. The molecule has 1 aliphatic rings. The van der Waals surface area contributed by atoms with Crippen molar-refractivity contribution in [2.45, 2.75) is 13.3 Å². The van der Waals surface area contributed by atoms with Gasteiger partial charge in [-0.15, -0.1) is 11.3 Å². The van der Waals surface area contributed by atoms with E-state index in [0.29, 0.717) is 55.7 Å². The van der Waals surface area contributed by atoms with E-state index < -0.39 is 0 Å². The van der Waals surface area contributed by atoms with Gasteiger partial charge in [-0.25, -0.2) is 9.78 Å². The molecular weight excluding hydrogens is 422 g/mol. The van der Waals surface area contributed by atoms with Crippen LogP contribution >= 0.6 is 11.3 Å². The van der Waals surface area contributed by atoms with Gasteiger partial charge in [0.1, 0.15) is 5.01 Å². The van der Waals surface area contributed by atoms with Gasteiger partial charge in [0.15, 0.2) is 11.5 Å². The second kappa shape index (κ2) is 10.3. The number of aromatic nitrogens is 1. The predicted octanol–water partition coefficient (Wildman–Crippen LogP) is 2.68. The number of ether oxygens (including phenoxy) is 4. The summed E-state index contributed by atoms with van der Waals surface area (Å²) >= 11 is 1.45. The molecule has 9 nitrogen and oxygen atoms in total. The molecule has 2 aromatic rings. The molecular formula is C21H27N3O6S. The SMILES string of the molecule is CCOC(=O)N1CCN(C(=O)Cc2csc(-c3cc(OC)c(OC)c(OC)c3)n2)CC1. The van der Waals surface area contributed by atoms with Gasteiger partial charge in [0.05, 0.1) is 40.1 Å². The van der Waals surface area contributed by atoms with Crippen LogP contribution in [0, 0.1) is 0 Å². The molecule has 1 saturated heterocycles. The van der Waals surface area contributed by atoms with Crippen LogP contribution in [0.3, 0.4) is 0 Å². The average Bonchev–Trinajstić information content (AvgIpc) is 3.26. The fourth-order valence-electron chi connectivity index (χ4n) is 3.35. The monoisotopic (exact) mass is 449 g/mol. The number of thiazole rings is 1. The van der Waals surface area contributed by atoms with Crippen molar-refractivity contribution in [1.82, 2.24) is 14.8 Å². The van der Waals surface area contributed by atoms with E-state index in [1.165, 1.54) is 11.3 Å². The highest BCUT2D eigenvalue weighted by Gasteiger charge is 2.25. The normalized spacial score (nSPS) is 13.7. The fourth-order valence-corrected chi connectivity index (χ4v) is 4.15. The first-order valence-corrected chi connectivity index (χ1v) is 10.8. The predicted molar refractivity (Wildman–Crippen MR) is 116 cm³/mol. The van der Waals surface area contributed by atoms with Crippen molar-refractivity contribution in [2.24, 2.45) is 0 Å². The molecule has 1 aliphatic heterocycles. The number of benzene rings is 1. The highest BCUT2D eigenvalue weighted by molar-refractivity contribution is 7.13. The maximum atomic E-state index is 12.7. The van der Waals surface area contributed by atoms with Crippen molar-refractivity contribution in [3.8, 4) is 27.8 Å². The molecule has 0 bridgehead atoms. The van der Waals surface area contributed by atoms with E-state index in [1.54, 1.807) is 38.1 Å². The summed E-state index contributed by atoms with van der Waals surface area (Å²) in [5, 5.41) is 2.64. The smallest absolute Gasteiger partial charge is 0.409 e. The summed E-state index contributed by atoms with van der Waals surface area (Å²) in [7, 11) is 4.68. The van der Waals surface area contributed by atoms with E-state index >= 15 is 0 Å². The van der Waals surface area contributed by atoms with Crippen LogP contribution in [0.1, 0.15) is 12.6 Å². The van der Waals surface area contributed by atoms with Crippen LogP contribution in [0.2, 0.25) is 0 Å². The molecule has 31 heavy (non-hydrogen) atoms. The molecule has 2 heterocycles. The molecule has 2 amide bonds. The van der Waals surface area contributed by atoms with Crippen molar-refractivity contribution in [3.05, 3.63) is 23.2 Å². The van der Waals surface area contributed by atoms with Crippen LogP contribution in [0.5, 0.6) is 17.2 Å². The van der Waals surface area contributed by atoms with Gasteiger partial charge in [0.25, 0.3) is 0 Å². The number of rotatable bonds is 7. The van der Waals surface area contributed by atoms with Crippen LogP contribution in [-0.2, 0) is 16.0 Å². The minimum atomic E-state index is -0.330. The third-order valence-corrected chi connectivity index (χ3v) is 5.89. The molecule has 168 valence electrons. The number of carbonyl (C=O) groups excluding carboxylic acids is 2. The summed E-state index contributed by atoms with van der Waals surface area (Å²) in [4.78, 5) is 32.5. The minimum absolute atomic E-state index is 0.00903. The van der Waals surface area contributed by atoms with Crippen molar-refractivity contribution in [2.75, 3.05) is 54.1 Å². The summed E-state index contributed by atoms with van der Waals surface area (Å²) in [5.74, 6) is 1.60. The lowest BCUT2D eigenvalue weighted by Crippen LogP contribution is -2.51. The van der Waals surface area contributed by atoms with E-state index in [0.717, 1.165) is 10.6 Å². The summed E-state index contributed by atoms with van der Waals surface area (Å²) in [6.07, 6.45) is -0.121. The van der Waals surface area contributed by atoms with Gasteiger partial charge in [-0.1, -0.05) is 0 Å². The lowest BCUT2D eigenvalue weighted by molar-refractivity contribution is -0.132. The first kappa shape index (κ1) is 22.7. The largest absolute Gasteiger partial charge is 0.493 e. The lowest BCUT2D eigenvalue weighted by Gasteiger charge is -2.34. The molecule has 1 fully saturated rings. The van der Waals surface area contributed by atoms with E-state index in [1.807, 2.05) is 17.5 Å². The molecule has 0 atom stereocenters. The van der Waals surface area contributed by atoms with Gasteiger partial charge in [-0.2, -0.15) is 0 Å². The van der Waals surface area contributed by atoms with Gasteiger partial charge in [0.2, 0.25) is 11.7 Å². The molecule has 0 N–H and O–H groups in total. The van der Waals surface area contributed by atoms with Gasteiger partial charge in [-0.05, 0) is 19.1 Å². The molecule has 3 rings (SSSR count). The number of carbonyl (C=O) groups is 2. The van der Waals surface area contributed by atoms with Gasteiger partial charge in [0, 0.05) is 37.1 Å². The van der Waals surface area contributed by atoms with Crippen LogP contribution in [0.15, 0.2) is 17.5 Å². The van der Waals surface area contributed by atoms with Crippen LogP contribution < -0.4 is 14.2 Å². The van der Waals surface area contributed by atoms with Gasteiger partial charge in [-0.3, -0.25) is 4.79 Å². The molecule has 0 saturated carbocycles. The molecule has 0 unspecified atom stereocenters.